The number of anilines is 2. The number of benzene rings is 1. The van der Waals surface area contributed by atoms with E-state index in [4.69, 9.17) is 0 Å². The predicted octanol–water partition coefficient (Wildman–Crippen LogP) is 0.986. The maximum absolute atomic E-state index is 12.0. The molecule has 1 heterocycles. The number of nitrogens with zero attached hydrogens (tertiary/aromatic N) is 2. The Morgan fingerprint density at radius 3 is 2.70 bits per heavy atom. The van der Waals surface area contributed by atoms with E-state index < -0.39 is 0 Å². The second-order valence-corrected chi connectivity index (χ2v) is 5.37. The smallest absolute Gasteiger partial charge is 0.238 e. The van der Waals surface area contributed by atoms with Crippen molar-refractivity contribution in [1.29, 1.82) is 0 Å². The van der Waals surface area contributed by atoms with Crippen LogP contribution < -0.4 is 15.5 Å². The molecular weight excluding hydrogens is 252 g/mol. The van der Waals surface area contributed by atoms with Crippen LogP contribution in [0.15, 0.2) is 24.3 Å². The average Bonchev–Trinajstić information content (AvgIpc) is 2.68. The van der Waals surface area contributed by atoms with E-state index >= 15 is 0 Å². The van der Waals surface area contributed by atoms with Gasteiger partial charge in [0, 0.05) is 38.6 Å². The normalized spacial score (nSPS) is 16.5. The van der Waals surface area contributed by atoms with E-state index in [2.05, 4.69) is 15.5 Å². The van der Waals surface area contributed by atoms with Crippen LogP contribution in [0.1, 0.15) is 6.42 Å². The van der Waals surface area contributed by atoms with Crippen LogP contribution in [0, 0.1) is 0 Å². The van der Waals surface area contributed by atoms with Crippen LogP contribution in [-0.4, -0.2) is 57.6 Å². The van der Waals surface area contributed by atoms with E-state index in [-0.39, 0.29) is 5.91 Å². The summed E-state index contributed by atoms with van der Waals surface area (Å²) in [5.41, 5.74) is 1.98. The van der Waals surface area contributed by atoms with Crippen molar-refractivity contribution in [2.45, 2.75) is 6.42 Å². The Kier molecular flexibility index (Phi) is 5.38. The first-order valence-electron chi connectivity index (χ1n) is 7.15. The molecule has 0 saturated carbocycles. The Hall–Kier alpha value is -1.59. The fraction of sp³-hybridized carbons (Fsp3) is 0.533. The first kappa shape index (κ1) is 14.8. The molecule has 1 aliphatic rings. The molecule has 1 aromatic carbocycles. The Labute approximate surface area is 120 Å². The Morgan fingerprint density at radius 1 is 1.25 bits per heavy atom. The summed E-state index contributed by atoms with van der Waals surface area (Å²) in [7, 11) is 4.00. The second-order valence-electron chi connectivity index (χ2n) is 5.37. The molecule has 0 radical (unpaired) electrons. The molecule has 0 aliphatic carbocycles. The highest BCUT2D eigenvalue weighted by Gasteiger charge is 2.12. The van der Waals surface area contributed by atoms with E-state index in [1.54, 1.807) is 0 Å². The molecule has 110 valence electrons. The summed E-state index contributed by atoms with van der Waals surface area (Å²) >= 11 is 0. The minimum absolute atomic E-state index is 0.0597. The molecule has 2 rings (SSSR count). The summed E-state index contributed by atoms with van der Waals surface area (Å²) in [5.74, 6) is 0.0597. The van der Waals surface area contributed by atoms with E-state index in [1.807, 2.05) is 43.3 Å². The van der Waals surface area contributed by atoms with Crippen molar-refractivity contribution in [3.8, 4) is 0 Å². The third-order valence-corrected chi connectivity index (χ3v) is 3.47. The highest BCUT2D eigenvalue weighted by Crippen LogP contribution is 2.15. The molecular formula is C15H24N4O. The topological polar surface area (TPSA) is 47.6 Å². The van der Waals surface area contributed by atoms with Crippen LogP contribution >= 0.6 is 0 Å². The molecule has 1 amide bonds. The monoisotopic (exact) mass is 276 g/mol. The summed E-state index contributed by atoms with van der Waals surface area (Å²) in [5, 5.41) is 6.30. The van der Waals surface area contributed by atoms with Crippen LogP contribution in [-0.2, 0) is 4.79 Å². The number of hydrogen-bond donors (Lipinski definition) is 2. The van der Waals surface area contributed by atoms with Crippen LogP contribution in [0.3, 0.4) is 0 Å². The summed E-state index contributed by atoms with van der Waals surface area (Å²) in [6.07, 6.45) is 1.10. The van der Waals surface area contributed by atoms with E-state index in [0.717, 1.165) is 44.0 Å². The van der Waals surface area contributed by atoms with Crippen molar-refractivity contribution < 1.29 is 4.79 Å². The van der Waals surface area contributed by atoms with Gasteiger partial charge >= 0.3 is 0 Å². The van der Waals surface area contributed by atoms with Crippen molar-refractivity contribution in [2.24, 2.45) is 0 Å². The maximum atomic E-state index is 12.0. The predicted molar refractivity (Wildman–Crippen MR) is 83.3 cm³/mol. The van der Waals surface area contributed by atoms with Gasteiger partial charge in [0.1, 0.15) is 0 Å². The van der Waals surface area contributed by atoms with Crippen molar-refractivity contribution in [3.63, 3.8) is 0 Å². The average molecular weight is 276 g/mol. The molecule has 5 heteroatoms. The van der Waals surface area contributed by atoms with Crippen LogP contribution in [0.4, 0.5) is 11.4 Å². The molecule has 0 unspecified atom stereocenters. The quantitative estimate of drug-likeness (QED) is 0.861. The SMILES string of the molecule is CN(C)c1ccc(NC(=O)CN2CCCNCC2)cc1. The largest absolute Gasteiger partial charge is 0.378 e. The molecule has 2 N–H and O–H groups in total. The molecule has 5 nitrogen and oxygen atoms in total. The van der Waals surface area contributed by atoms with Crippen LogP contribution in [0.25, 0.3) is 0 Å². The minimum atomic E-state index is 0.0597. The fourth-order valence-corrected chi connectivity index (χ4v) is 2.31. The lowest BCUT2D eigenvalue weighted by molar-refractivity contribution is -0.117. The van der Waals surface area contributed by atoms with Crippen molar-refractivity contribution in [2.75, 3.05) is 57.0 Å². The first-order valence-corrected chi connectivity index (χ1v) is 7.15. The van der Waals surface area contributed by atoms with Gasteiger partial charge in [-0.15, -0.1) is 0 Å². The lowest BCUT2D eigenvalue weighted by Gasteiger charge is -2.19. The van der Waals surface area contributed by atoms with Crippen molar-refractivity contribution in [3.05, 3.63) is 24.3 Å². The number of hydrogen-bond acceptors (Lipinski definition) is 4. The molecule has 0 spiro atoms. The van der Waals surface area contributed by atoms with Gasteiger partial charge < -0.3 is 15.5 Å². The van der Waals surface area contributed by atoms with Gasteiger partial charge in [-0.25, -0.2) is 0 Å². The molecule has 0 aromatic heterocycles. The summed E-state index contributed by atoms with van der Waals surface area (Å²) < 4.78 is 0. The molecule has 20 heavy (non-hydrogen) atoms. The molecule has 1 aromatic rings. The molecule has 0 bridgehead atoms. The molecule has 0 atom stereocenters. The Morgan fingerprint density at radius 2 is 2.00 bits per heavy atom. The Bertz CT molecular complexity index is 422. The zero-order chi connectivity index (χ0) is 14.4. The van der Waals surface area contributed by atoms with Gasteiger partial charge in [0.2, 0.25) is 5.91 Å². The van der Waals surface area contributed by atoms with Crippen molar-refractivity contribution >= 4 is 17.3 Å². The zero-order valence-corrected chi connectivity index (χ0v) is 12.4. The molecule has 1 saturated heterocycles. The van der Waals surface area contributed by atoms with Gasteiger partial charge in [0.05, 0.1) is 6.54 Å². The number of nitrogens with one attached hydrogen (secondary N) is 2. The maximum Gasteiger partial charge on any atom is 0.238 e. The molecule has 1 aliphatic heterocycles. The van der Waals surface area contributed by atoms with Gasteiger partial charge in [0.15, 0.2) is 0 Å². The standard InChI is InChI=1S/C15H24N4O/c1-18(2)14-6-4-13(5-7-14)17-15(20)12-19-10-3-8-16-9-11-19/h4-7,16H,3,8-12H2,1-2H3,(H,17,20). The van der Waals surface area contributed by atoms with Crippen LogP contribution in [0.5, 0.6) is 0 Å². The van der Waals surface area contributed by atoms with Gasteiger partial charge in [-0.2, -0.15) is 0 Å². The summed E-state index contributed by atoms with van der Waals surface area (Å²) in [6.45, 7) is 4.40. The van der Waals surface area contributed by atoms with E-state index in [0.29, 0.717) is 6.54 Å². The Balaban J connectivity index is 1.84. The van der Waals surface area contributed by atoms with E-state index in [1.165, 1.54) is 0 Å². The highest BCUT2D eigenvalue weighted by atomic mass is 16.2. The zero-order valence-electron chi connectivity index (χ0n) is 12.4. The summed E-state index contributed by atoms with van der Waals surface area (Å²) in [4.78, 5) is 16.3. The van der Waals surface area contributed by atoms with Crippen molar-refractivity contribution in [1.82, 2.24) is 10.2 Å². The lowest BCUT2D eigenvalue weighted by atomic mass is 10.2. The fourth-order valence-electron chi connectivity index (χ4n) is 2.31. The van der Waals surface area contributed by atoms with Crippen LogP contribution in [0.2, 0.25) is 0 Å². The third-order valence-electron chi connectivity index (χ3n) is 3.47. The number of carbonyl (C=O) groups excluding carboxylic acids is 1. The lowest BCUT2D eigenvalue weighted by Crippen LogP contribution is -2.35. The highest BCUT2D eigenvalue weighted by molar-refractivity contribution is 5.92. The van der Waals surface area contributed by atoms with Gasteiger partial charge in [0.25, 0.3) is 0 Å². The third kappa shape index (κ3) is 4.51. The van der Waals surface area contributed by atoms with E-state index in [9.17, 15) is 4.79 Å². The number of carbonyl (C=O) groups is 1. The second kappa shape index (κ2) is 7.26. The minimum Gasteiger partial charge on any atom is -0.378 e. The first-order chi connectivity index (χ1) is 9.65. The molecule has 1 fully saturated rings. The number of rotatable bonds is 4. The summed E-state index contributed by atoms with van der Waals surface area (Å²) in [6, 6.07) is 7.89. The van der Waals surface area contributed by atoms with Gasteiger partial charge in [-0.3, -0.25) is 9.69 Å². The van der Waals surface area contributed by atoms with Gasteiger partial charge in [-0.1, -0.05) is 0 Å². The number of amides is 1. The van der Waals surface area contributed by atoms with Gasteiger partial charge in [-0.05, 0) is 43.8 Å².